The molecule has 2 rings (SSSR count). The van der Waals surface area contributed by atoms with Crippen molar-refractivity contribution in [2.45, 2.75) is 6.18 Å². The first kappa shape index (κ1) is 20.5. The molecule has 0 spiro atoms. The van der Waals surface area contributed by atoms with Crippen LogP contribution in [-0.2, 0) is 10.9 Å². The van der Waals surface area contributed by atoms with Crippen molar-refractivity contribution >= 4 is 23.0 Å². The van der Waals surface area contributed by atoms with Crippen LogP contribution in [0.5, 0.6) is 11.5 Å². The fraction of sp³-hybridized carbons (Fsp3) is 0.188. The Kier molecular flexibility index (Phi) is 6.24. The number of hydrogen-bond donors (Lipinski definition) is 1. The maximum Gasteiger partial charge on any atom is 0.416 e. The van der Waals surface area contributed by atoms with Crippen molar-refractivity contribution in [2.24, 2.45) is 5.16 Å². The molecule has 2 aromatic carbocycles. The maximum atomic E-state index is 12.7. The predicted molar refractivity (Wildman–Crippen MR) is 89.8 cm³/mol. The summed E-state index contributed by atoms with van der Waals surface area (Å²) >= 11 is 5.83. The van der Waals surface area contributed by atoms with Gasteiger partial charge < -0.3 is 14.7 Å². The molecule has 0 aliphatic heterocycles. The summed E-state index contributed by atoms with van der Waals surface area (Å²) in [6, 6.07) is 6.05. The van der Waals surface area contributed by atoms with Crippen molar-refractivity contribution in [3.8, 4) is 11.5 Å². The van der Waals surface area contributed by atoms with Gasteiger partial charge in [-0.25, -0.2) is 0 Å². The molecular weight excluding hydrogens is 393 g/mol. The lowest BCUT2D eigenvalue weighted by Gasteiger charge is -2.12. The van der Waals surface area contributed by atoms with Crippen LogP contribution in [0.4, 0.5) is 18.9 Å². The second kappa shape index (κ2) is 8.23. The number of nitro benzene ring substituents is 1. The Labute approximate surface area is 155 Å². The lowest BCUT2D eigenvalue weighted by Crippen LogP contribution is -2.11. The summed E-state index contributed by atoms with van der Waals surface area (Å²) in [6.45, 7) is -0.220. The summed E-state index contributed by atoms with van der Waals surface area (Å²) in [7, 11) is 1.30. The molecule has 0 radical (unpaired) electrons. The van der Waals surface area contributed by atoms with Crippen LogP contribution >= 0.6 is 11.6 Å². The Bertz CT molecular complexity index is 887. The van der Waals surface area contributed by atoms with Gasteiger partial charge in [-0.1, -0.05) is 16.8 Å². The van der Waals surface area contributed by atoms with Gasteiger partial charge in [-0.2, -0.15) is 13.2 Å². The average molecular weight is 405 g/mol. The molecule has 0 atom stereocenters. The number of nitrogens with zero attached hydrogens (tertiary/aromatic N) is 2. The van der Waals surface area contributed by atoms with Crippen molar-refractivity contribution in [1.29, 1.82) is 0 Å². The second-order valence-electron chi connectivity index (χ2n) is 5.16. The third kappa shape index (κ3) is 4.86. The van der Waals surface area contributed by atoms with E-state index < -0.39 is 16.7 Å². The third-order valence-electron chi connectivity index (χ3n) is 3.36. The van der Waals surface area contributed by atoms with Crippen LogP contribution < -0.4 is 4.74 Å². The van der Waals surface area contributed by atoms with E-state index in [1.165, 1.54) is 19.2 Å². The fourth-order valence-corrected chi connectivity index (χ4v) is 2.37. The topological polar surface area (TPSA) is 94.2 Å². The second-order valence-corrected chi connectivity index (χ2v) is 5.57. The zero-order valence-corrected chi connectivity index (χ0v) is 14.4. The Balaban J connectivity index is 2.41. The van der Waals surface area contributed by atoms with E-state index >= 15 is 0 Å². The van der Waals surface area contributed by atoms with Gasteiger partial charge in [0.25, 0.3) is 5.69 Å². The van der Waals surface area contributed by atoms with E-state index in [9.17, 15) is 23.3 Å². The van der Waals surface area contributed by atoms with Gasteiger partial charge >= 0.3 is 6.18 Å². The Morgan fingerprint density at radius 2 is 2.00 bits per heavy atom. The summed E-state index contributed by atoms with van der Waals surface area (Å²) in [6.07, 6.45) is -4.56. The highest BCUT2D eigenvalue weighted by molar-refractivity contribution is 6.32. The molecule has 11 heteroatoms. The van der Waals surface area contributed by atoms with Crippen LogP contribution in [0.2, 0.25) is 5.02 Å². The highest BCUT2D eigenvalue weighted by Gasteiger charge is 2.31. The number of alkyl halides is 3. The Hall–Kier alpha value is -2.85. The molecule has 0 aliphatic carbocycles. The maximum absolute atomic E-state index is 12.7. The van der Waals surface area contributed by atoms with Crippen molar-refractivity contribution < 1.29 is 32.8 Å². The summed E-state index contributed by atoms with van der Waals surface area (Å²) in [5.74, 6) is -0.0480. The van der Waals surface area contributed by atoms with Gasteiger partial charge in [0.1, 0.15) is 17.2 Å². The van der Waals surface area contributed by atoms with Crippen LogP contribution in [0.1, 0.15) is 11.1 Å². The normalized spacial score (nSPS) is 12.1. The van der Waals surface area contributed by atoms with Gasteiger partial charge in [-0.3, -0.25) is 10.1 Å². The zero-order valence-electron chi connectivity index (χ0n) is 13.7. The van der Waals surface area contributed by atoms with Crippen molar-refractivity contribution in [3.05, 3.63) is 62.7 Å². The SMILES string of the molecule is COC/C(=N/O)c1cc(Oc2ccc(C(F)(F)F)cc2Cl)ccc1[N+](=O)[O-]. The lowest BCUT2D eigenvalue weighted by molar-refractivity contribution is -0.385. The molecule has 0 aliphatic rings. The van der Waals surface area contributed by atoms with E-state index in [1.807, 2.05) is 0 Å². The number of oxime groups is 1. The number of hydrogen-bond acceptors (Lipinski definition) is 6. The van der Waals surface area contributed by atoms with E-state index in [0.29, 0.717) is 6.07 Å². The quantitative estimate of drug-likeness (QED) is 0.320. The lowest BCUT2D eigenvalue weighted by atomic mass is 10.1. The molecular formula is C16H12ClF3N2O5. The third-order valence-corrected chi connectivity index (χ3v) is 3.66. The number of halogens is 4. The fourth-order valence-electron chi connectivity index (χ4n) is 2.15. The first-order valence-corrected chi connectivity index (χ1v) is 7.58. The molecule has 2 aromatic rings. The first-order valence-electron chi connectivity index (χ1n) is 7.20. The van der Waals surface area contributed by atoms with E-state index in [-0.39, 0.29) is 40.1 Å². The van der Waals surface area contributed by atoms with Crippen molar-refractivity contribution in [1.82, 2.24) is 0 Å². The molecule has 0 saturated heterocycles. The number of methoxy groups -OCH3 is 1. The van der Waals surface area contributed by atoms with E-state index in [1.54, 1.807) is 0 Å². The van der Waals surface area contributed by atoms with Gasteiger partial charge in [-0.15, -0.1) is 0 Å². The van der Waals surface area contributed by atoms with Crippen molar-refractivity contribution in [2.75, 3.05) is 13.7 Å². The number of nitro groups is 1. The highest BCUT2D eigenvalue weighted by atomic mass is 35.5. The van der Waals surface area contributed by atoms with Crippen LogP contribution in [0.25, 0.3) is 0 Å². The summed E-state index contributed by atoms with van der Waals surface area (Å²) in [5, 5.41) is 22.9. The van der Waals surface area contributed by atoms with Gasteiger partial charge in [0, 0.05) is 13.2 Å². The molecule has 0 heterocycles. The number of rotatable bonds is 6. The van der Waals surface area contributed by atoms with Gasteiger partial charge in [-0.05, 0) is 30.3 Å². The predicted octanol–water partition coefficient (Wildman–Crippen LogP) is 4.88. The van der Waals surface area contributed by atoms with Crippen LogP contribution in [0.15, 0.2) is 41.6 Å². The van der Waals surface area contributed by atoms with Crippen LogP contribution in [0, 0.1) is 10.1 Å². The van der Waals surface area contributed by atoms with Crippen LogP contribution in [0.3, 0.4) is 0 Å². The smallest absolute Gasteiger partial charge is 0.416 e. The minimum atomic E-state index is -4.56. The van der Waals surface area contributed by atoms with E-state index in [2.05, 4.69) is 5.16 Å². The zero-order chi connectivity index (χ0) is 20.2. The molecule has 144 valence electrons. The molecule has 0 unspecified atom stereocenters. The minimum absolute atomic E-state index is 0.0366. The van der Waals surface area contributed by atoms with Gasteiger partial charge in [0.15, 0.2) is 0 Å². The van der Waals surface area contributed by atoms with Gasteiger partial charge in [0.05, 0.1) is 27.7 Å². The standard InChI is InChI=1S/C16H12ClF3N2O5/c1-26-8-13(21-23)11-7-10(3-4-14(11)22(24)25)27-15-5-2-9(6-12(15)17)16(18,19)20/h2-7,23H,8H2,1H3/b21-13-. The highest BCUT2D eigenvalue weighted by Crippen LogP contribution is 2.37. The first-order chi connectivity index (χ1) is 12.7. The van der Waals surface area contributed by atoms with E-state index in [4.69, 9.17) is 26.3 Å². The monoisotopic (exact) mass is 404 g/mol. The Morgan fingerprint density at radius 1 is 1.30 bits per heavy atom. The molecule has 1 N–H and O–H groups in total. The molecule has 0 bridgehead atoms. The average Bonchev–Trinajstić information content (AvgIpc) is 2.60. The van der Waals surface area contributed by atoms with Gasteiger partial charge in [0.2, 0.25) is 0 Å². The molecule has 27 heavy (non-hydrogen) atoms. The summed E-state index contributed by atoms with van der Waals surface area (Å²) in [5.41, 5.74) is -1.53. The summed E-state index contributed by atoms with van der Waals surface area (Å²) in [4.78, 5) is 10.5. The largest absolute Gasteiger partial charge is 0.456 e. The van der Waals surface area contributed by atoms with Crippen molar-refractivity contribution in [3.63, 3.8) is 0 Å². The molecule has 0 fully saturated rings. The molecule has 0 aromatic heterocycles. The number of benzene rings is 2. The molecule has 0 amide bonds. The number of ether oxygens (including phenoxy) is 2. The van der Waals surface area contributed by atoms with Crippen LogP contribution in [-0.4, -0.2) is 29.6 Å². The Morgan fingerprint density at radius 3 is 2.52 bits per heavy atom. The summed E-state index contributed by atoms with van der Waals surface area (Å²) < 4.78 is 48.3. The molecule has 7 nitrogen and oxygen atoms in total. The van der Waals surface area contributed by atoms with E-state index in [0.717, 1.165) is 18.2 Å². The molecule has 0 saturated carbocycles. The minimum Gasteiger partial charge on any atom is -0.456 e.